The van der Waals surface area contributed by atoms with E-state index in [1.54, 1.807) is 12.4 Å². The van der Waals surface area contributed by atoms with Gasteiger partial charge in [0.25, 0.3) is 0 Å². The van der Waals surface area contributed by atoms with Crippen LogP contribution in [0.15, 0.2) is 42.9 Å². The van der Waals surface area contributed by atoms with Gasteiger partial charge >= 0.3 is 6.09 Å². The molecule has 0 aliphatic carbocycles. The minimum Gasteiger partial charge on any atom is -0.444 e. The van der Waals surface area contributed by atoms with E-state index >= 15 is 0 Å². The molecule has 2 aromatic heterocycles. The van der Waals surface area contributed by atoms with Crippen molar-refractivity contribution in [1.82, 2.24) is 24.8 Å². The number of nitrogens with zero attached hydrogens (tertiary/aromatic N) is 5. The van der Waals surface area contributed by atoms with E-state index < -0.39 is 5.60 Å². The fraction of sp³-hybridized carbons (Fsp3) is 0.467. The molecule has 2 aliphatic heterocycles. The highest BCUT2D eigenvalue weighted by molar-refractivity contribution is 6.32. The molecule has 40 heavy (non-hydrogen) atoms. The van der Waals surface area contributed by atoms with Gasteiger partial charge in [-0.15, -0.1) is 0 Å². The van der Waals surface area contributed by atoms with Crippen molar-refractivity contribution in [3.05, 3.63) is 64.6 Å². The van der Waals surface area contributed by atoms with Crippen LogP contribution in [0.2, 0.25) is 5.02 Å². The summed E-state index contributed by atoms with van der Waals surface area (Å²) in [5, 5.41) is 7.06. The summed E-state index contributed by atoms with van der Waals surface area (Å²) in [4.78, 5) is 30.0. The van der Waals surface area contributed by atoms with Gasteiger partial charge in [0, 0.05) is 38.1 Å². The Morgan fingerprint density at radius 1 is 1.10 bits per heavy atom. The number of aryl methyl sites for hydroxylation is 2. The van der Waals surface area contributed by atoms with Gasteiger partial charge < -0.3 is 25.2 Å². The highest BCUT2D eigenvalue weighted by Crippen LogP contribution is 2.29. The van der Waals surface area contributed by atoms with Crippen molar-refractivity contribution in [2.75, 3.05) is 37.3 Å². The lowest BCUT2D eigenvalue weighted by Crippen LogP contribution is -2.43. The van der Waals surface area contributed by atoms with Gasteiger partial charge in [0.2, 0.25) is 5.95 Å². The lowest BCUT2D eigenvalue weighted by Gasteiger charge is -2.35. The molecule has 0 saturated carbocycles. The third-order valence-corrected chi connectivity index (χ3v) is 7.50. The molecular weight excluding hydrogens is 526 g/mol. The third-order valence-electron chi connectivity index (χ3n) is 7.22. The van der Waals surface area contributed by atoms with Gasteiger partial charge in [-0.3, -0.25) is 4.98 Å². The topological polar surface area (TPSA) is 95.5 Å². The van der Waals surface area contributed by atoms with Crippen LogP contribution in [0.5, 0.6) is 0 Å². The predicted octanol–water partition coefficient (Wildman–Crippen LogP) is 6.19. The molecule has 2 N–H and O–H groups in total. The standard InChI is InChI=1S/C30H38ClN7O2/c1-30(2,3)40-29(39)38-11-9-20(10-12-38)18-37(4)19-23-7-8-24-14-22(23)6-5-21-13-25(16-32-15-21)35-28-33-17-26(31)27(34-24)36-28/h7-8,13-17,20H,5-6,9-12,18-19H2,1-4H3,(H2,33,34,35,36). The minimum absolute atomic E-state index is 0.205. The van der Waals surface area contributed by atoms with Gasteiger partial charge in [-0.25, -0.2) is 9.78 Å². The molecule has 0 unspecified atom stereocenters. The molecule has 0 spiro atoms. The Labute approximate surface area is 241 Å². The fourth-order valence-corrected chi connectivity index (χ4v) is 5.40. The number of hydrogen-bond acceptors (Lipinski definition) is 8. The van der Waals surface area contributed by atoms with Gasteiger partial charge in [-0.05, 0) is 94.3 Å². The molecule has 4 heterocycles. The van der Waals surface area contributed by atoms with E-state index in [1.807, 2.05) is 31.9 Å². The van der Waals surface area contributed by atoms with Gasteiger partial charge in [0.1, 0.15) is 10.6 Å². The van der Waals surface area contributed by atoms with E-state index in [2.05, 4.69) is 61.8 Å². The van der Waals surface area contributed by atoms with Crippen LogP contribution in [0, 0.1) is 5.92 Å². The fourth-order valence-electron chi connectivity index (χ4n) is 5.26. The first kappa shape index (κ1) is 28.1. The molecule has 2 aliphatic rings. The molecular formula is C30H38ClN7O2. The summed E-state index contributed by atoms with van der Waals surface area (Å²) in [5.74, 6) is 1.56. The highest BCUT2D eigenvalue weighted by atomic mass is 35.5. The number of amides is 1. The van der Waals surface area contributed by atoms with E-state index in [0.717, 1.165) is 68.8 Å². The molecule has 5 rings (SSSR count). The smallest absolute Gasteiger partial charge is 0.410 e. The predicted molar refractivity (Wildman–Crippen MR) is 159 cm³/mol. The van der Waals surface area contributed by atoms with Crippen molar-refractivity contribution in [2.24, 2.45) is 5.92 Å². The van der Waals surface area contributed by atoms with Crippen molar-refractivity contribution in [1.29, 1.82) is 0 Å². The van der Waals surface area contributed by atoms with Crippen molar-refractivity contribution >= 4 is 40.8 Å². The van der Waals surface area contributed by atoms with Crippen molar-refractivity contribution < 1.29 is 9.53 Å². The molecule has 1 amide bonds. The Balaban J connectivity index is 1.27. The summed E-state index contributed by atoms with van der Waals surface area (Å²) in [7, 11) is 2.18. The maximum atomic E-state index is 12.4. The first-order chi connectivity index (χ1) is 19.1. The maximum absolute atomic E-state index is 12.4. The Hall–Kier alpha value is -3.43. The average Bonchev–Trinajstić information content (AvgIpc) is 2.90. The molecule has 9 nitrogen and oxygen atoms in total. The van der Waals surface area contributed by atoms with E-state index in [4.69, 9.17) is 16.3 Å². The Morgan fingerprint density at radius 3 is 2.67 bits per heavy atom. The number of benzene rings is 1. The van der Waals surface area contributed by atoms with Gasteiger partial charge in [0.05, 0.1) is 18.1 Å². The molecule has 0 atom stereocenters. The van der Waals surface area contributed by atoms with Gasteiger partial charge in [-0.1, -0.05) is 17.7 Å². The zero-order valence-corrected chi connectivity index (χ0v) is 24.5. The summed E-state index contributed by atoms with van der Waals surface area (Å²) < 4.78 is 5.55. The van der Waals surface area contributed by atoms with Gasteiger partial charge in [-0.2, -0.15) is 4.98 Å². The molecule has 1 saturated heterocycles. The van der Waals surface area contributed by atoms with Crippen molar-refractivity contribution in [3.63, 3.8) is 0 Å². The highest BCUT2D eigenvalue weighted by Gasteiger charge is 2.27. The summed E-state index contributed by atoms with van der Waals surface area (Å²) in [6, 6.07) is 8.57. The number of nitrogens with one attached hydrogen (secondary N) is 2. The number of likely N-dealkylation sites (tertiary alicyclic amines) is 1. The Bertz CT molecular complexity index is 1350. The van der Waals surface area contributed by atoms with Crippen LogP contribution in [-0.2, 0) is 24.1 Å². The summed E-state index contributed by atoms with van der Waals surface area (Å²) in [6.45, 7) is 9.05. The number of anilines is 4. The average molecular weight is 564 g/mol. The summed E-state index contributed by atoms with van der Waals surface area (Å²) in [6.07, 6.45) is 8.79. The summed E-state index contributed by atoms with van der Waals surface area (Å²) in [5.41, 5.74) is 5.03. The number of ether oxygens (including phenoxy) is 1. The number of fused-ring (bicyclic) bond motifs is 6. The Kier molecular flexibility index (Phi) is 8.42. The van der Waals surface area contributed by atoms with Crippen LogP contribution >= 0.6 is 11.6 Å². The van der Waals surface area contributed by atoms with E-state index in [1.165, 1.54) is 11.1 Å². The molecule has 10 heteroatoms. The van der Waals surface area contributed by atoms with Crippen LogP contribution in [0.4, 0.5) is 27.9 Å². The van der Waals surface area contributed by atoms with Crippen LogP contribution in [0.25, 0.3) is 0 Å². The monoisotopic (exact) mass is 563 g/mol. The normalized spacial score (nSPS) is 15.8. The zero-order chi connectivity index (χ0) is 28.3. The van der Waals surface area contributed by atoms with Crippen molar-refractivity contribution in [2.45, 2.75) is 58.6 Å². The number of carbonyl (C=O) groups is 1. The largest absolute Gasteiger partial charge is 0.444 e. The van der Waals surface area contributed by atoms with Gasteiger partial charge in [0.15, 0.2) is 5.82 Å². The first-order valence-electron chi connectivity index (χ1n) is 13.9. The quantitative estimate of drug-likeness (QED) is 0.388. The van der Waals surface area contributed by atoms with E-state index in [-0.39, 0.29) is 6.09 Å². The molecule has 1 fully saturated rings. The molecule has 3 aromatic rings. The maximum Gasteiger partial charge on any atom is 0.410 e. The first-order valence-corrected chi connectivity index (χ1v) is 14.3. The molecule has 6 bridgehead atoms. The minimum atomic E-state index is -0.465. The number of rotatable bonds is 4. The Morgan fingerprint density at radius 2 is 1.90 bits per heavy atom. The van der Waals surface area contributed by atoms with Crippen molar-refractivity contribution in [3.8, 4) is 0 Å². The lowest BCUT2D eigenvalue weighted by atomic mass is 9.95. The second-order valence-electron chi connectivity index (χ2n) is 11.8. The number of pyridine rings is 1. The second kappa shape index (κ2) is 12.0. The number of hydrogen-bond donors (Lipinski definition) is 2. The lowest BCUT2D eigenvalue weighted by molar-refractivity contribution is 0.0172. The van der Waals surface area contributed by atoms with Crippen LogP contribution in [-0.4, -0.2) is 63.1 Å². The van der Waals surface area contributed by atoms with E-state index in [9.17, 15) is 4.79 Å². The van der Waals surface area contributed by atoms with E-state index in [0.29, 0.717) is 22.7 Å². The molecule has 0 radical (unpaired) electrons. The molecule has 1 aromatic carbocycles. The second-order valence-corrected chi connectivity index (χ2v) is 12.2. The number of piperidine rings is 1. The number of halogens is 1. The zero-order valence-electron chi connectivity index (χ0n) is 23.7. The SMILES string of the molecule is CN(Cc1ccc2cc1CCc1cncc(c1)Nc1ncc(Cl)c(n1)N2)CC1CCN(C(=O)OC(C)(C)C)CC1. The van der Waals surface area contributed by atoms with Crippen LogP contribution in [0.1, 0.15) is 50.3 Å². The molecule has 212 valence electrons. The number of carbonyl (C=O) groups excluding carboxylic acids is 1. The third kappa shape index (κ3) is 7.40. The number of aromatic nitrogens is 3. The summed E-state index contributed by atoms with van der Waals surface area (Å²) >= 11 is 6.42. The van der Waals surface area contributed by atoms with Crippen LogP contribution < -0.4 is 10.6 Å². The van der Waals surface area contributed by atoms with Crippen LogP contribution in [0.3, 0.4) is 0 Å².